The van der Waals surface area contributed by atoms with Crippen LogP contribution in [-0.2, 0) is 9.53 Å². The van der Waals surface area contributed by atoms with Crippen molar-refractivity contribution in [3.63, 3.8) is 0 Å². The van der Waals surface area contributed by atoms with E-state index in [0.717, 1.165) is 53.9 Å². The summed E-state index contributed by atoms with van der Waals surface area (Å²) >= 11 is -0.653. The molecule has 2 heterocycles. The van der Waals surface area contributed by atoms with Crippen LogP contribution in [0.15, 0.2) is 54.6 Å². The molecule has 1 N–H and O–H groups in total. The number of carbonyl (C=O) groups is 1. The van der Waals surface area contributed by atoms with Gasteiger partial charge in [-0.3, -0.25) is 0 Å². The van der Waals surface area contributed by atoms with Crippen molar-refractivity contribution in [3.8, 4) is 6.01 Å². The van der Waals surface area contributed by atoms with E-state index in [1.54, 1.807) is 13.2 Å². The molecule has 3 aromatic rings. The molecule has 1 atom stereocenters. The van der Waals surface area contributed by atoms with Crippen molar-refractivity contribution >= 4 is 41.4 Å². The van der Waals surface area contributed by atoms with E-state index >= 15 is 0 Å². The Kier molecular flexibility index (Phi) is 8.00. The van der Waals surface area contributed by atoms with Gasteiger partial charge in [-0.15, -0.1) is 0 Å². The molecule has 2 aliphatic rings. The van der Waals surface area contributed by atoms with Gasteiger partial charge in [-0.05, 0) is 0 Å². The number of allylic oxidation sites excluding steroid dienone is 1. The molecule has 1 aromatic heterocycles. The summed E-state index contributed by atoms with van der Waals surface area (Å²) in [5.74, 6) is 1.25. The molecule has 0 bridgehead atoms. The van der Waals surface area contributed by atoms with Crippen LogP contribution in [0.5, 0.6) is 6.01 Å². The van der Waals surface area contributed by atoms with Gasteiger partial charge in [0.05, 0.1) is 0 Å². The molecule has 1 aliphatic heterocycles. The summed E-state index contributed by atoms with van der Waals surface area (Å²) in [5.41, 5.74) is 3.29. The summed E-state index contributed by atoms with van der Waals surface area (Å²) < 4.78 is 12.2. The summed E-state index contributed by atoms with van der Waals surface area (Å²) in [7, 11) is 1.59. The van der Waals surface area contributed by atoms with E-state index in [1.165, 1.54) is 24.0 Å². The van der Waals surface area contributed by atoms with Crippen molar-refractivity contribution in [1.29, 1.82) is 0 Å². The molecule has 1 radical (unpaired) electrons. The number of ether oxygens (including phenoxy) is 2. The fourth-order valence-corrected chi connectivity index (χ4v) is 6.52. The molecule has 1 aliphatic carbocycles. The van der Waals surface area contributed by atoms with Crippen LogP contribution in [0.2, 0.25) is 0 Å². The maximum atomic E-state index is 13.0. The number of nitrogens with zero attached hydrogens (tertiary/aromatic N) is 3. The van der Waals surface area contributed by atoms with Crippen LogP contribution in [0.1, 0.15) is 42.9 Å². The molecule has 187 valence electrons. The molecule has 2 aromatic carbocycles. The van der Waals surface area contributed by atoms with Crippen molar-refractivity contribution in [2.45, 2.75) is 31.7 Å². The Hall–Kier alpha value is -2.73. The van der Waals surface area contributed by atoms with Crippen LogP contribution >= 0.6 is 0 Å². The predicted molar refractivity (Wildman–Crippen MR) is 143 cm³/mol. The summed E-state index contributed by atoms with van der Waals surface area (Å²) in [5, 5.41) is 4.49. The summed E-state index contributed by atoms with van der Waals surface area (Å²) in [6, 6.07) is 15.0. The molecule has 1 saturated carbocycles. The molecule has 0 amide bonds. The molecule has 2 fully saturated rings. The Morgan fingerprint density at radius 1 is 1.22 bits per heavy atom. The van der Waals surface area contributed by atoms with Gasteiger partial charge in [-0.2, -0.15) is 0 Å². The molecular formula is C28H32AsN4O3. The van der Waals surface area contributed by atoms with E-state index in [2.05, 4.69) is 51.4 Å². The molecule has 0 spiro atoms. The first-order chi connectivity index (χ1) is 17.6. The Morgan fingerprint density at radius 3 is 2.72 bits per heavy atom. The Bertz CT molecular complexity index is 1240. The van der Waals surface area contributed by atoms with Gasteiger partial charge in [0.15, 0.2) is 0 Å². The summed E-state index contributed by atoms with van der Waals surface area (Å²) in [4.78, 5) is 24.6. The molecular weight excluding hydrogens is 515 g/mol. The summed E-state index contributed by atoms with van der Waals surface area (Å²) in [6.45, 7) is 6.28. The average molecular weight is 548 g/mol. The van der Waals surface area contributed by atoms with Crippen LogP contribution < -0.4 is 14.4 Å². The first-order valence-corrected chi connectivity index (χ1v) is 14.4. The third-order valence-corrected chi connectivity index (χ3v) is 8.73. The van der Waals surface area contributed by atoms with Crippen LogP contribution in [0.3, 0.4) is 0 Å². The molecule has 8 heteroatoms. The minimum absolute atomic E-state index is 0.0542. The second-order valence-corrected chi connectivity index (χ2v) is 11.7. The number of benzene rings is 2. The molecule has 7 nitrogen and oxygen atoms in total. The van der Waals surface area contributed by atoms with Crippen LogP contribution in [0.25, 0.3) is 10.9 Å². The van der Waals surface area contributed by atoms with Gasteiger partial charge in [0, 0.05) is 0 Å². The zero-order valence-electron chi connectivity index (χ0n) is 20.8. The number of hydrogen-bond acceptors (Lipinski definition) is 7. The predicted octanol–water partition coefficient (Wildman–Crippen LogP) is 3.43. The van der Waals surface area contributed by atoms with Gasteiger partial charge >= 0.3 is 219 Å². The standard InChI is InChI=1S/C28H32AsN4O3/c1-19(20-7-4-3-5-8-20)30-27-23-17-24(29-26(34)9-6-12-33-13-15-36-16-14-33)22(21-10-11-21)18-25(23)31-28(32-27)35-2/h3-9,17-19,21H,10-16H2,1-2H3,(H,30,31,32)/t19-/m1/s1. The number of aromatic nitrogens is 2. The van der Waals surface area contributed by atoms with Crippen molar-refractivity contribution in [2.24, 2.45) is 0 Å². The monoisotopic (exact) mass is 547 g/mol. The van der Waals surface area contributed by atoms with E-state index in [4.69, 9.17) is 9.47 Å². The van der Waals surface area contributed by atoms with Crippen LogP contribution in [-0.4, -0.2) is 75.1 Å². The third kappa shape index (κ3) is 6.15. The second-order valence-electron chi connectivity index (χ2n) is 9.30. The number of hydrogen-bond donors (Lipinski definition) is 1. The Balaban J connectivity index is 1.41. The van der Waals surface area contributed by atoms with E-state index in [9.17, 15) is 4.79 Å². The fraction of sp³-hybridized carbons (Fsp3) is 0.393. The van der Waals surface area contributed by atoms with E-state index in [-0.39, 0.29) is 10.6 Å². The quantitative estimate of drug-likeness (QED) is 0.308. The first-order valence-electron chi connectivity index (χ1n) is 12.5. The number of nitrogens with one attached hydrogen (secondary N) is 1. The number of fused-ring (bicyclic) bond motifs is 1. The third-order valence-electron chi connectivity index (χ3n) is 6.63. The van der Waals surface area contributed by atoms with Crippen molar-refractivity contribution in [3.05, 3.63) is 65.7 Å². The average Bonchev–Trinajstić information content (AvgIpc) is 3.75. The van der Waals surface area contributed by atoms with Crippen LogP contribution in [0, 0.1) is 0 Å². The second kappa shape index (κ2) is 11.5. The van der Waals surface area contributed by atoms with Crippen molar-refractivity contribution < 1.29 is 14.3 Å². The minimum atomic E-state index is -0.653. The van der Waals surface area contributed by atoms with E-state index < -0.39 is 15.8 Å². The number of carbonyl (C=O) groups excluding carboxylic acids is 1. The van der Waals surface area contributed by atoms with E-state index in [0.29, 0.717) is 11.9 Å². The number of anilines is 1. The molecule has 1 saturated heterocycles. The summed E-state index contributed by atoms with van der Waals surface area (Å²) in [6.07, 6.45) is 6.11. The topological polar surface area (TPSA) is 76.6 Å². The molecule has 0 unspecified atom stereocenters. The van der Waals surface area contributed by atoms with Gasteiger partial charge in [-0.1, -0.05) is 0 Å². The van der Waals surface area contributed by atoms with Gasteiger partial charge < -0.3 is 0 Å². The van der Waals surface area contributed by atoms with Gasteiger partial charge in [0.1, 0.15) is 0 Å². The normalized spacial score (nSPS) is 17.7. The number of rotatable bonds is 10. The van der Waals surface area contributed by atoms with Gasteiger partial charge in [0.2, 0.25) is 0 Å². The maximum absolute atomic E-state index is 13.0. The van der Waals surface area contributed by atoms with E-state index in [1.807, 2.05) is 24.3 Å². The fourth-order valence-electron chi connectivity index (χ4n) is 4.45. The number of morpholine rings is 1. The van der Waals surface area contributed by atoms with Gasteiger partial charge in [-0.25, -0.2) is 0 Å². The molecule has 36 heavy (non-hydrogen) atoms. The Morgan fingerprint density at radius 2 is 2.00 bits per heavy atom. The first kappa shape index (κ1) is 24.9. The van der Waals surface area contributed by atoms with Crippen LogP contribution in [0.4, 0.5) is 5.82 Å². The van der Waals surface area contributed by atoms with Crippen molar-refractivity contribution in [2.75, 3.05) is 45.3 Å². The SMILES string of the molecule is COc1nc(N[C@H](C)c2ccccc2)c2cc([As]C(=O)C=CCN3CCOCC3)c(C3CC3)cc2n1. The Labute approximate surface area is 219 Å². The zero-order chi connectivity index (χ0) is 24.9. The zero-order valence-corrected chi connectivity index (χ0v) is 22.7. The van der Waals surface area contributed by atoms with Crippen molar-refractivity contribution in [1.82, 2.24) is 14.9 Å². The van der Waals surface area contributed by atoms with Gasteiger partial charge in [0.25, 0.3) is 0 Å². The molecule has 5 rings (SSSR count). The number of methoxy groups -OCH3 is 1.